The molecule has 7 nitrogen and oxygen atoms in total. The fourth-order valence-electron chi connectivity index (χ4n) is 4.95. The number of benzene rings is 1. The molecule has 0 saturated carbocycles. The first kappa shape index (κ1) is 21.3. The van der Waals surface area contributed by atoms with Crippen molar-refractivity contribution in [1.82, 2.24) is 20.5 Å². The number of piperidine rings is 1. The van der Waals surface area contributed by atoms with Gasteiger partial charge in [-0.15, -0.1) is 10.2 Å². The first-order valence-electron chi connectivity index (χ1n) is 10.6. The number of phenols is 1. The second kappa shape index (κ2) is 7.64. The third-order valence-electron chi connectivity index (χ3n) is 6.07. The van der Waals surface area contributed by atoms with Crippen molar-refractivity contribution < 1.29 is 9.84 Å². The van der Waals surface area contributed by atoms with Crippen LogP contribution in [-0.4, -0.2) is 51.6 Å². The monoisotopic (exact) mass is 421 g/mol. The molecule has 1 aromatic carbocycles. The molecule has 0 aliphatic carbocycles. The summed E-state index contributed by atoms with van der Waals surface area (Å²) in [6.45, 7) is 8.98. The van der Waals surface area contributed by atoms with E-state index in [1.807, 2.05) is 24.3 Å². The smallest absolute Gasteiger partial charge is 0.151 e. The summed E-state index contributed by atoms with van der Waals surface area (Å²) in [6, 6.07) is 9.71. The molecular weight excluding hydrogens is 390 g/mol. The van der Waals surface area contributed by atoms with Gasteiger partial charge in [0.15, 0.2) is 11.6 Å². The zero-order chi connectivity index (χ0) is 22.4. The standard InChI is InChI=1S/C24H31N5O2/c1-23(2)13-15(14-24(3,4)28-23)29(5)20-10-9-18(26-27-20)16-7-8-17-19(31-6)11-12-25-21(17)22(16)30/h7-12,15,28,30H,13-14H2,1-6H3. The van der Waals surface area contributed by atoms with Crippen LogP contribution in [0.1, 0.15) is 40.5 Å². The van der Waals surface area contributed by atoms with Gasteiger partial charge in [0.05, 0.1) is 12.8 Å². The van der Waals surface area contributed by atoms with Gasteiger partial charge >= 0.3 is 0 Å². The van der Waals surface area contributed by atoms with Gasteiger partial charge in [-0.05, 0) is 70.9 Å². The normalized spacial score (nSPS) is 18.1. The number of rotatable bonds is 4. The summed E-state index contributed by atoms with van der Waals surface area (Å²) in [5.41, 5.74) is 1.79. The Balaban J connectivity index is 1.62. The summed E-state index contributed by atoms with van der Waals surface area (Å²) in [7, 11) is 3.68. The average molecular weight is 422 g/mol. The largest absolute Gasteiger partial charge is 0.505 e. The predicted octanol–water partition coefficient (Wildman–Crippen LogP) is 4.15. The number of aromatic hydroxyl groups is 1. The summed E-state index contributed by atoms with van der Waals surface area (Å²) in [6.07, 6.45) is 3.67. The molecule has 3 aromatic rings. The van der Waals surface area contributed by atoms with E-state index in [4.69, 9.17) is 4.74 Å². The number of nitrogens with zero attached hydrogens (tertiary/aromatic N) is 4. The summed E-state index contributed by atoms with van der Waals surface area (Å²) >= 11 is 0. The lowest BCUT2D eigenvalue weighted by Crippen LogP contribution is -2.62. The Hall–Kier alpha value is -2.93. The zero-order valence-electron chi connectivity index (χ0n) is 19.1. The predicted molar refractivity (Wildman–Crippen MR) is 124 cm³/mol. The van der Waals surface area contributed by atoms with Crippen molar-refractivity contribution in [2.45, 2.75) is 57.7 Å². The van der Waals surface area contributed by atoms with Crippen LogP contribution in [0, 0.1) is 0 Å². The molecule has 0 radical (unpaired) electrons. The van der Waals surface area contributed by atoms with E-state index in [9.17, 15) is 5.11 Å². The molecule has 0 bridgehead atoms. The number of aromatic nitrogens is 3. The summed E-state index contributed by atoms with van der Waals surface area (Å²) in [5, 5.41) is 24.2. The van der Waals surface area contributed by atoms with Gasteiger partial charge in [0, 0.05) is 41.3 Å². The van der Waals surface area contributed by atoms with E-state index in [1.54, 1.807) is 19.4 Å². The second-order valence-corrected chi connectivity index (χ2v) is 9.71. The van der Waals surface area contributed by atoms with Crippen LogP contribution < -0.4 is 15.0 Å². The van der Waals surface area contributed by atoms with Crippen molar-refractivity contribution in [3.8, 4) is 22.8 Å². The molecular formula is C24H31N5O2. The summed E-state index contributed by atoms with van der Waals surface area (Å²) in [5.74, 6) is 1.57. The van der Waals surface area contributed by atoms with Gasteiger partial charge < -0.3 is 20.1 Å². The number of pyridine rings is 1. The molecule has 1 aliphatic heterocycles. The number of phenolic OH excluding ortho intramolecular Hbond substituents is 1. The van der Waals surface area contributed by atoms with Crippen molar-refractivity contribution in [1.29, 1.82) is 0 Å². The molecule has 2 aromatic heterocycles. The van der Waals surface area contributed by atoms with Crippen LogP contribution in [0.25, 0.3) is 22.2 Å². The Labute approximate surface area is 183 Å². The Morgan fingerprint density at radius 3 is 2.35 bits per heavy atom. The molecule has 2 N–H and O–H groups in total. The van der Waals surface area contributed by atoms with Gasteiger partial charge in [0.2, 0.25) is 0 Å². The molecule has 0 unspecified atom stereocenters. The van der Waals surface area contributed by atoms with E-state index in [0.717, 1.165) is 24.0 Å². The maximum absolute atomic E-state index is 10.8. The molecule has 7 heteroatoms. The highest BCUT2D eigenvalue weighted by molar-refractivity contribution is 5.94. The number of hydrogen-bond donors (Lipinski definition) is 2. The van der Waals surface area contributed by atoms with Crippen molar-refractivity contribution >= 4 is 16.7 Å². The van der Waals surface area contributed by atoms with Gasteiger partial charge in [-0.25, -0.2) is 0 Å². The highest BCUT2D eigenvalue weighted by Crippen LogP contribution is 2.37. The maximum atomic E-state index is 10.8. The molecule has 0 amide bonds. The van der Waals surface area contributed by atoms with Crippen LogP contribution in [0.5, 0.6) is 11.5 Å². The topological polar surface area (TPSA) is 83.4 Å². The molecule has 1 fully saturated rings. The number of hydrogen-bond acceptors (Lipinski definition) is 7. The zero-order valence-corrected chi connectivity index (χ0v) is 19.1. The molecule has 0 spiro atoms. The van der Waals surface area contributed by atoms with Crippen LogP contribution in [0.4, 0.5) is 5.82 Å². The molecule has 3 heterocycles. The number of nitrogens with one attached hydrogen (secondary N) is 1. The van der Waals surface area contributed by atoms with E-state index in [1.165, 1.54) is 0 Å². The van der Waals surface area contributed by atoms with Crippen LogP contribution in [0.2, 0.25) is 0 Å². The van der Waals surface area contributed by atoms with Crippen molar-refractivity contribution in [3.05, 3.63) is 36.5 Å². The fraction of sp³-hybridized carbons (Fsp3) is 0.458. The summed E-state index contributed by atoms with van der Waals surface area (Å²) in [4.78, 5) is 6.53. The van der Waals surface area contributed by atoms with E-state index in [2.05, 4.69) is 60.1 Å². The minimum absolute atomic E-state index is 0.0546. The van der Waals surface area contributed by atoms with Gasteiger partial charge in [0.1, 0.15) is 11.3 Å². The highest BCUT2D eigenvalue weighted by Gasteiger charge is 2.39. The van der Waals surface area contributed by atoms with Crippen molar-refractivity contribution in [2.75, 3.05) is 19.1 Å². The van der Waals surface area contributed by atoms with Crippen LogP contribution >= 0.6 is 0 Å². The minimum Gasteiger partial charge on any atom is -0.505 e. The number of ether oxygens (including phenoxy) is 1. The molecule has 164 valence electrons. The molecule has 0 atom stereocenters. The van der Waals surface area contributed by atoms with Crippen LogP contribution in [-0.2, 0) is 0 Å². The Kier molecular flexibility index (Phi) is 5.25. The van der Waals surface area contributed by atoms with Gasteiger partial charge in [-0.1, -0.05) is 0 Å². The maximum Gasteiger partial charge on any atom is 0.151 e. The van der Waals surface area contributed by atoms with E-state index in [-0.39, 0.29) is 16.8 Å². The quantitative estimate of drug-likeness (QED) is 0.655. The first-order valence-corrected chi connectivity index (χ1v) is 10.6. The second-order valence-electron chi connectivity index (χ2n) is 9.71. The number of fused-ring (bicyclic) bond motifs is 1. The van der Waals surface area contributed by atoms with E-state index in [0.29, 0.717) is 28.6 Å². The minimum atomic E-state index is 0.0546. The lowest BCUT2D eigenvalue weighted by Gasteiger charge is -2.49. The van der Waals surface area contributed by atoms with Gasteiger partial charge in [-0.3, -0.25) is 4.98 Å². The van der Waals surface area contributed by atoms with E-state index < -0.39 is 0 Å². The Morgan fingerprint density at radius 1 is 1.03 bits per heavy atom. The van der Waals surface area contributed by atoms with Crippen molar-refractivity contribution in [2.24, 2.45) is 0 Å². The Bertz CT molecular complexity index is 1080. The lowest BCUT2D eigenvalue weighted by atomic mass is 9.79. The van der Waals surface area contributed by atoms with Gasteiger partial charge in [-0.2, -0.15) is 0 Å². The van der Waals surface area contributed by atoms with Crippen LogP contribution in [0.3, 0.4) is 0 Å². The molecule has 1 saturated heterocycles. The SMILES string of the molecule is COc1ccnc2c(O)c(-c3ccc(N(C)C4CC(C)(C)NC(C)(C)C4)nn3)ccc12. The lowest BCUT2D eigenvalue weighted by molar-refractivity contribution is 0.160. The van der Waals surface area contributed by atoms with Gasteiger partial charge in [0.25, 0.3) is 0 Å². The van der Waals surface area contributed by atoms with Crippen LogP contribution in [0.15, 0.2) is 36.5 Å². The fourth-order valence-corrected chi connectivity index (χ4v) is 4.95. The molecule has 1 aliphatic rings. The first-order chi connectivity index (χ1) is 14.6. The average Bonchev–Trinajstić information content (AvgIpc) is 2.71. The molecule has 31 heavy (non-hydrogen) atoms. The highest BCUT2D eigenvalue weighted by atomic mass is 16.5. The number of anilines is 1. The van der Waals surface area contributed by atoms with Crippen molar-refractivity contribution in [3.63, 3.8) is 0 Å². The third kappa shape index (κ3) is 4.14. The Morgan fingerprint density at radius 2 is 1.74 bits per heavy atom. The third-order valence-corrected chi connectivity index (χ3v) is 6.07. The molecule has 4 rings (SSSR count). The number of methoxy groups -OCH3 is 1. The van der Waals surface area contributed by atoms with E-state index >= 15 is 0 Å². The summed E-state index contributed by atoms with van der Waals surface area (Å²) < 4.78 is 5.37.